The van der Waals surface area contributed by atoms with Crippen molar-refractivity contribution in [2.45, 2.75) is 45.4 Å². The van der Waals surface area contributed by atoms with E-state index in [1.165, 1.54) is 38.6 Å². The first kappa shape index (κ1) is 29.6. The van der Waals surface area contributed by atoms with E-state index in [2.05, 4.69) is 112 Å². The number of pyridine rings is 2. The number of fused-ring (bicyclic) bond motifs is 5. The van der Waals surface area contributed by atoms with Crippen LogP contribution in [0, 0.1) is 12.1 Å². The fraction of sp³-hybridized carbons (Fsp3) is 0.179. The van der Waals surface area contributed by atoms with E-state index in [1.807, 2.05) is 48.7 Å². The van der Waals surface area contributed by atoms with Crippen molar-refractivity contribution in [2.75, 3.05) is 0 Å². The summed E-state index contributed by atoms with van der Waals surface area (Å²) in [4.78, 5) is 8.98. The average molecular weight is 723 g/mol. The number of rotatable bonds is 2. The summed E-state index contributed by atoms with van der Waals surface area (Å²) in [5.74, 6) is 0. The quantitative estimate of drug-likeness (QED) is 0.166. The molecule has 0 saturated carbocycles. The van der Waals surface area contributed by atoms with Crippen LogP contribution >= 0.6 is 0 Å². The first-order chi connectivity index (χ1) is 19.7. The molecule has 0 atom stereocenters. The number of benzene rings is 4. The molecule has 1 aliphatic carbocycles. The summed E-state index contributed by atoms with van der Waals surface area (Å²) in [6.45, 7) is 11.4. The molecule has 0 fully saturated rings. The minimum Gasteiger partial charge on any atom is -0.305 e. The van der Waals surface area contributed by atoms with Crippen LogP contribution in [0.5, 0.6) is 0 Å². The molecule has 42 heavy (non-hydrogen) atoms. The van der Waals surface area contributed by atoms with E-state index in [0.29, 0.717) is 0 Å². The van der Waals surface area contributed by atoms with Crippen LogP contribution in [0.4, 0.5) is 0 Å². The van der Waals surface area contributed by atoms with Crippen LogP contribution in [0.25, 0.3) is 44.4 Å². The second-order valence-corrected chi connectivity index (χ2v) is 12.1. The van der Waals surface area contributed by atoms with Crippen molar-refractivity contribution in [1.29, 1.82) is 0 Å². The molecule has 0 amide bonds. The second-order valence-electron chi connectivity index (χ2n) is 12.1. The molecule has 0 bridgehead atoms. The standard InChI is InChI=1S/C28H26N.C11H8N.Ir/c1-27(2,3)19-15-16-29-24(17-19)23-12-8-11-21-22-14-13-18-9-6-7-10-20(18)25(22)28(4,5)26(21)23;1-2-6-10(7-3-1)11-8-4-5-9-12-11;/h6-11,13-17H,1-5H3;1-6,8-9H;/q2*-1;. The second kappa shape index (κ2) is 11.8. The Morgan fingerprint density at radius 1 is 0.643 bits per heavy atom. The number of aromatic nitrogens is 2. The van der Waals surface area contributed by atoms with Crippen molar-refractivity contribution in [3.8, 4) is 33.6 Å². The summed E-state index contributed by atoms with van der Waals surface area (Å²) in [7, 11) is 0. The third kappa shape index (κ3) is 5.47. The van der Waals surface area contributed by atoms with Crippen LogP contribution in [0.2, 0.25) is 0 Å². The van der Waals surface area contributed by atoms with Crippen molar-refractivity contribution in [3.63, 3.8) is 0 Å². The summed E-state index contributed by atoms with van der Waals surface area (Å²) < 4.78 is 0. The average Bonchev–Trinajstić information content (AvgIpc) is 3.25. The Hall–Kier alpha value is -3.91. The van der Waals surface area contributed by atoms with E-state index in [9.17, 15) is 0 Å². The Kier molecular flexibility index (Phi) is 8.28. The first-order valence-corrected chi connectivity index (χ1v) is 14.2. The fourth-order valence-corrected chi connectivity index (χ4v) is 5.98. The predicted molar refractivity (Wildman–Crippen MR) is 171 cm³/mol. The van der Waals surface area contributed by atoms with Crippen LogP contribution in [0.3, 0.4) is 0 Å². The van der Waals surface area contributed by atoms with E-state index in [-0.39, 0.29) is 30.9 Å². The maximum absolute atomic E-state index is 4.76. The summed E-state index contributed by atoms with van der Waals surface area (Å²) in [6, 6.07) is 42.2. The number of nitrogens with zero attached hydrogens (tertiary/aromatic N) is 2. The zero-order valence-corrected chi connectivity index (χ0v) is 27.1. The van der Waals surface area contributed by atoms with Gasteiger partial charge in [0.2, 0.25) is 0 Å². The predicted octanol–water partition coefficient (Wildman–Crippen LogP) is 9.85. The summed E-state index contributed by atoms with van der Waals surface area (Å²) in [5.41, 5.74) is 10.8. The van der Waals surface area contributed by atoms with Gasteiger partial charge in [0.05, 0.1) is 0 Å². The summed E-state index contributed by atoms with van der Waals surface area (Å²) >= 11 is 0. The Morgan fingerprint density at radius 2 is 1.38 bits per heavy atom. The summed E-state index contributed by atoms with van der Waals surface area (Å²) in [5, 5.41) is 2.64. The molecular formula is C39H34IrN2-2. The zero-order valence-electron chi connectivity index (χ0n) is 24.7. The van der Waals surface area contributed by atoms with Crippen molar-refractivity contribution in [2.24, 2.45) is 0 Å². The minimum absolute atomic E-state index is 0. The van der Waals surface area contributed by atoms with Crippen LogP contribution in [0.1, 0.15) is 51.3 Å². The molecule has 0 aliphatic heterocycles. The van der Waals surface area contributed by atoms with Gasteiger partial charge in [-0.1, -0.05) is 94.8 Å². The normalized spacial score (nSPS) is 12.9. The van der Waals surface area contributed by atoms with Gasteiger partial charge in [0.25, 0.3) is 0 Å². The van der Waals surface area contributed by atoms with Gasteiger partial charge in [-0.2, -0.15) is 0 Å². The molecule has 0 unspecified atom stereocenters. The fourth-order valence-electron chi connectivity index (χ4n) is 5.98. The van der Waals surface area contributed by atoms with Crippen molar-refractivity contribution in [3.05, 3.63) is 144 Å². The Bertz CT molecular complexity index is 1800. The van der Waals surface area contributed by atoms with E-state index in [4.69, 9.17) is 4.98 Å². The molecule has 1 radical (unpaired) electrons. The SMILES string of the molecule is CC(C)(C)c1ccnc(-c2[c-]ccc3c2C(C)(C)c2c-3ccc3ccccc23)c1.[Ir].[c-]1ccccc1-c1ccccn1. The third-order valence-corrected chi connectivity index (χ3v) is 8.00. The van der Waals surface area contributed by atoms with Gasteiger partial charge in [-0.15, -0.1) is 65.2 Å². The van der Waals surface area contributed by atoms with Crippen LogP contribution in [-0.2, 0) is 30.9 Å². The topological polar surface area (TPSA) is 25.8 Å². The molecule has 1 aliphatic rings. The maximum atomic E-state index is 4.76. The van der Waals surface area contributed by atoms with Crippen molar-refractivity contribution in [1.82, 2.24) is 9.97 Å². The Labute approximate surface area is 263 Å². The van der Waals surface area contributed by atoms with Crippen molar-refractivity contribution < 1.29 is 20.1 Å². The minimum atomic E-state index is -0.113. The van der Waals surface area contributed by atoms with Gasteiger partial charge in [0, 0.05) is 32.5 Å². The van der Waals surface area contributed by atoms with Gasteiger partial charge in [0.15, 0.2) is 0 Å². The molecule has 211 valence electrons. The van der Waals surface area contributed by atoms with Crippen LogP contribution in [0.15, 0.2) is 116 Å². The van der Waals surface area contributed by atoms with E-state index in [0.717, 1.165) is 22.5 Å². The van der Waals surface area contributed by atoms with E-state index < -0.39 is 0 Å². The molecule has 0 spiro atoms. The largest absolute Gasteiger partial charge is 0.305 e. The molecule has 0 saturated heterocycles. The van der Waals surface area contributed by atoms with Gasteiger partial charge >= 0.3 is 0 Å². The molecule has 6 aromatic rings. The Balaban J connectivity index is 0.000000228. The molecule has 2 heterocycles. The monoisotopic (exact) mass is 723 g/mol. The zero-order chi connectivity index (χ0) is 28.6. The molecule has 0 N–H and O–H groups in total. The van der Waals surface area contributed by atoms with Crippen molar-refractivity contribution >= 4 is 10.8 Å². The number of hydrogen-bond donors (Lipinski definition) is 0. The van der Waals surface area contributed by atoms with E-state index >= 15 is 0 Å². The van der Waals surface area contributed by atoms with Gasteiger partial charge in [0.1, 0.15) is 0 Å². The van der Waals surface area contributed by atoms with Gasteiger partial charge < -0.3 is 9.97 Å². The van der Waals surface area contributed by atoms with Gasteiger partial charge in [-0.25, -0.2) is 0 Å². The third-order valence-electron chi connectivity index (χ3n) is 8.00. The smallest absolute Gasteiger partial charge is 0.0163 e. The van der Waals surface area contributed by atoms with E-state index in [1.54, 1.807) is 6.20 Å². The van der Waals surface area contributed by atoms with Gasteiger partial charge in [-0.3, -0.25) is 0 Å². The summed E-state index contributed by atoms with van der Waals surface area (Å²) in [6.07, 6.45) is 3.73. The molecular weight excluding hydrogens is 689 g/mol. The Morgan fingerprint density at radius 3 is 2.12 bits per heavy atom. The molecule has 2 nitrogen and oxygen atoms in total. The van der Waals surface area contributed by atoms with Crippen LogP contribution < -0.4 is 0 Å². The van der Waals surface area contributed by atoms with Crippen LogP contribution in [-0.4, -0.2) is 9.97 Å². The molecule has 4 aromatic carbocycles. The molecule has 7 rings (SSSR count). The number of hydrogen-bond acceptors (Lipinski definition) is 2. The molecule has 3 heteroatoms. The molecule has 2 aromatic heterocycles. The first-order valence-electron chi connectivity index (χ1n) is 14.2. The van der Waals surface area contributed by atoms with Gasteiger partial charge in [-0.05, 0) is 61.8 Å². The maximum Gasteiger partial charge on any atom is 0.0163 e.